The van der Waals surface area contributed by atoms with Crippen molar-refractivity contribution in [1.82, 2.24) is 5.32 Å². The Hall–Kier alpha value is -1.60. The summed E-state index contributed by atoms with van der Waals surface area (Å²) in [6.07, 6.45) is 5.25. The lowest BCUT2D eigenvalue weighted by Gasteiger charge is -2.33. The molecule has 2 aliphatic carbocycles. The van der Waals surface area contributed by atoms with Crippen LogP contribution in [-0.2, 0) is 12.8 Å². The molecule has 1 heteroatoms. The van der Waals surface area contributed by atoms with Crippen LogP contribution in [0.25, 0.3) is 0 Å². The summed E-state index contributed by atoms with van der Waals surface area (Å²) in [5.41, 5.74) is 6.28. The van der Waals surface area contributed by atoms with Crippen molar-refractivity contribution in [2.75, 3.05) is 0 Å². The van der Waals surface area contributed by atoms with Crippen molar-refractivity contribution in [3.05, 3.63) is 70.8 Å². The van der Waals surface area contributed by atoms with E-state index in [2.05, 4.69) is 53.8 Å². The minimum absolute atomic E-state index is 0.580. The van der Waals surface area contributed by atoms with Crippen molar-refractivity contribution >= 4 is 0 Å². The summed E-state index contributed by atoms with van der Waals surface area (Å²) in [5.74, 6) is 1.66. The van der Waals surface area contributed by atoms with Gasteiger partial charge in [0, 0.05) is 12.1 Å². The highest BCUT2D eigenvalue weighted by Crippen LogP contribution is 2.53. The molecule has 1 N–H and O–H groups in total. The Morgan fingerprint density at radius 1 is 0.667 bits per heavy atom. The van der Waals surface area contributed by atoms with Crippen molar-refractivity contribution in [3.8, 4) is 0 Å². The Bertz CT molecular complexity index is 630. The second-order valence-corrected chi connectivity index (χ2v) is 6.92. The highest BCUT2D eigenvalue weighted by Gasteiger charge is 2.47. The van der Waals surface area contributed by atoms with Crippen LogP contribution in [-0.4, -0.2) is 0 Å². The molecule has 1 aliphatic heterocycles. The summed E-state index contributed by atoms with van der Waals surface area (Å²) in [4.78, 5) is 0. The number of hydrogen-bond donors (Lipinski definition) is 1. The molecule has 0 spiro atoms. The number of benzene rings is 2. The lowest BCUT2D eigenvalue weighted by atomic mass is 9.70. The van der Waals surface area contributed by atoms with Crippen molar-refractivity contribution in [3.63, 3.8) is 0 Å². The molecular formula is C20H21N. The SMILES string of the molecule is c1ccc2c(c1)CCC1C2NC2c3ccccc3CCC21. The van der Waals surface area contributed by atoms with Gasteiger partial charge in [-0.05, 0) is 59.8 Å². The molecule has 2 aromatic carbocycles. The van der Waals surface area contributed by atoms with Gasteiger partial charge < -0.3 is 5.32 Å². The van der Waals surface area contributed by atoms with Crippen LogP contribution in [0.3, 0.4) is 0 Å². The molecule has 1 nitrogen and oxygen atoms in total. The van der Waals surface area contributed by atoms with Crippen LogP contribution in [0, 0.1) is 11.8 Å². The molecule has 3 aliphatic rings. The Kier molecular flexibility index (Phi) is 2.54. The van der Waals surface area contributed by atoms with Crippen LogP contribution in [0.5, 0.6) is 0 Å². The molecule has 0 amide bonds. The smallest absolute Gasteiger partial charge is 0.0360 e. The number of aryl methyl sites for hydroxylation is 2. The van der Waals surface area contributed by atoms with Gasteiger partial charge in [0.25, 0.3) is 0 Å². The van der Waals surface area contributed by atoms with Crippen molar-refractivity contribution in [2.45, 2.75) is 37.8 Å². The van der Waals surface area contributed by atoms with Gasteiger partial charge in [-0.1, -0.05) is 48.5 Å². The third-order valence-electron chi connectivity index (χ3n) is 6.04. The zero-order chi connectivity index (χ0) is 13.8. The van der Waals surface area contributed by atoms with Crippen LogP contribution < -0.4 is 5.32 Å². The van der Waals surface area contributed by atoms with E-state index in [0.717, 1.165) is 11.8 Å². The predicted molar refractivity (Wildman–Crippen MR) is 85.1 cm³/mol. The molecule has 0 radical (unpaired) electrons. The monoisotopic (exact) mass is 275 g/mol. The molecule has 0 saturated carbocycles. The van der Waals surface area contributed by atoms with Crippen LogP contribution in [0.1, 0.15) is 47.2 Å². The Balaban J connectivity index is 1.58. The van der Waals surface area contributed by atoms with Gasteiger partial charge in [0.15, 0.2) is 0 Å². The second-order valence-electron chi connectivity index (χ2n) is 6.92. The molecule has 4 atom stereocenters. The first kappa shape index (κ1) is 12.0. The molecule has 4 unspecified atom stereocenters. The third kappa shape index (κ3) is 1.67. The highest BCUT2D eigenvalue weighted by atomic mass is 15.0. The van der Waals surface area contributed by atoms with Gasteiger partial charge in [0.2, 0.25) is 0 Å². The van der Waals surface area contributed by atoms with Gasteiger partial charge in [-0.15, -0.1) is 0 Å². The predicted octanol–water partition coefficient (Wildman–Crippen LogP) is 4.20. The molecule has 2 aromatic rings. The lowest BCUT2D eigenvalue weighted by Crippen LogP contribution is -2.24. The van der Waals surface area contributed by atoms with E-state index < -0.39 is 0 Å². The average Bonchev–Trinajstić information content (AvgIpc) is 2.94. The maximum absolute atomic E-state index is 4.01. The summed E-state index contributed by atoms with van der Waals surface area (Å²) in [6.45, 7) is 0. The van der Waals surface area contributed by atoms with Crippen LogP contribution in [0.4, 0.5) is 0 Å². The van der Waals surface area contributed by atoms with E-state index in [1.165, 1.54) is 25.7 Å². The number of rotatable bonds is 0. The van der Waals surface area contributed by atoms with E-state index in [1.807, 2.05) is 0 Å². The van der Waals surface area contributed by atoms with Gasteiger partial charge in [-0.25, -0.2) is 0 Å². The zero-order valence-corrected chi connectivity index (χ0v) is 12.3. The van der Waals surface area contributed by atoms with Gasteiger partial charge in [0.05, 0.1) is 0 Å². The normalized spacial score (nSPS) is 32.8. The first-order chi connectivity index (χ1) is 10.4. The summed E-state index contributed by atoms with van der Waals surface area (Å²) in [5, 5.41) is 4.01. The van der Waals surface area contributed by atoms with Crippen LogP contribution in [0.15, 0.2) is 48.5 Å². The molecule has 1 fully saturated rings. The third-order valence-corrected chi connectivity index (χ3v) is 6.04. The molecule has 0 aromatic heterocycles. The van der Waals surface area contributed by atoms with Crippen LogP contribution in [0.2, 0.25) is 0 Å². The van der Waals surface area contributed by atoms with Crippen LogP contribution >= 0.6 is 0 Å². The molecule has 21 heavy (non-hydrogen) atoms. The summed E-state index contributed by atoms with van der Waals surface area (Å²) in [7, 11) is 0. The largest absolute Gasteiger partial charge is 0.303 e. The van der Waals surface area contributed by atoms with E-state index in [-0.39, 0.29) is 0 Å². The van der Waals surface area contributed by atoms with E-state index in [9.17, 15) is 0 Å². The number of hydrogen-bond acceptors (Lipinski definition) is 1. The molecule has 5 rings (SSSR count). The average molecular weight is 275 g/mol. The quantitative estimate of drug-likeness (QED) is 0.760. The van der Waals surface area contributed by atoms with Gasteiger partial charge >= 0.3 is 0 Å². The van der Waals surface area contributed by atoms with Crippen molar-refractivity contribution in [1.29, 1.82) is 0 Å². The Labute approximate surface area is 126 Å². The standard InChI is InChI=1S/C20H21N/c1-3-7-15-13(5-1)9-11-17-18-12-10-14-6-2-4-8-16(14)20(18)21-19(15)17/h1-8,17-21H,9-12H2. The topological polar surface area (TPSA) is 12.0 Å². The second kappa shape index (κ2) is 4.45. The molecule has 106 valence electrons. The minimum atomic E-state index is 0.580. The summed E-state index contributed by atoms with van der Waals surface area (Å²) in [6, 6.07) is 19.3. The van der Waals surface area contributed by atoms with E-state index >= 15 is 0 Å². The molecule has 1 saturated heterocycles. The fourth-order valence-electron chi connectivity index (χ4n) is 5.11. The van der Waals surface area contributed by atoms with E-state index in [0.29, 0.717) is 12.1 Å². The summed E-state index contributed by atoms with van der Waals surface area (Å²) >= 11 is 0. The van der Waals surface area contributed by atoms with Crippen molar-refractivity contribution in [2.24, 2.45) is 11.8 Å². The van der Waals surface area contributed by atoms with E-state index in [4.69, 9.17) is 0 Å². The Morgan fingerprint density at radius 2 is 1.14 bits per heavy atom. The van der Waals surface area contributed by atoms with Gasteiger partial charge in [-0.2, -0.15) is 0 Å². The first-order valence-electron chi connectivity index (χ1n) is 8.33. The highest BCUT2D eigenvalue weighted by molar-refractivity contribution is 5.39. The molecule has 1 heterocycles. The first-order valence-corrected chi connectivity index (χ1v) is 8.33. The van der Waals surface area contributed by atoms with Gasteiger partial charge in [-0.3, -0.25) is 0 Å². The summed E-state index contributed by atoms with van der Waals surface area (Å²) < 4.78 is 0. The fourth-order valence-corrected chi connectivity index (χ4v) is 5.11. The zero-order valence-electron chi connectivity index (χ0n) is 12.3. The maximum atomic E-state index is 4.01. The maximum Gasteiger partial charge on any atom is 0.0360 e. The Morgan fingerprint density at radius 3 is 1.67 bits per heavy atom. The van der Waals surface area contributed by atoms with E-state index in [1.54, 1.807) is 22.3 Å². The molecule has 0 bridgehead atoms. The number of fused-ring (bicyclic) bond motifs is 7. The fraction of sp³-hybridized carbons (Fsp3) is 0.400. The van der Waals surface area contributed by atoms with Gasteiger partial charge in [0.1, 0.15) is 0 Å². The minimum Gasteiger partial charge on any atom is -0.303 e. The lowest BCUT2D eigenvalue weighted by molar-refractivity contribution is 0.285. The number of nitrogens with one attached hydrogen (secondary N) is 1. The molecular weight excluding hydrogens is 254 g/mol. The van der Waals surface area contributed by atoms with Crippen molar-refractivity contribution < 1.29 is 0 Å².